The number of nitrogens with zero attached hydrogens (tertiary/aromatic N) is 4. The summed E-state index contributed by atoms with van der Waals surface area (Å²) in [7, 11) is 0. The highest BCUT2D eigenvalue weighted by molar-refractivity contribution is 7.07. The Kier molecular flexibility index (Phi) is 4.86. The molecule has 1 N–H and O–H groups in total. The average molecular weight is 402 g/mol. The number of fused-ring (bicyclic) bond motifs is 1. The Balaban J connectivity index is 1.30. The van der Waals surface area contributed by atoms with Gasteiger partial charge < -0.3 is 9.64 Å². The van der Waals surface area contributed by atoms with Crippen molar-refractivity contribution in [1.29, 1.82) is 0 Å². The van der Waals surface area contributed by atoms with E-state index in [1.54, 1.807) is 16.2 Å². The molecular weight excluding hydrogens is 374 g/mol. The number of nitrogens with one attached hydrogen (secondary N) is 1. The summed E-state index contributed by atoms with van der Waals surface area (Å²) < 4.78 is 5.47. The standard InChI is InChI=1S/C20H27N5O2S/c1-14-8-23(9-15-4-7-28-12-15)10-17(14)19-21-18-11-24(13-25(18)20(26)22-19)16-2-5-27-6-3-16/h4,7,11-12,14,16-17H,2-3,5-6,8-10,13H2,1H3,(H,21,22,26). The number of likely N-dealkylation sites (tertiary alicyclic amines) is 1. The molecule has 0 bridgehead atoms. The minimum absolute atomic E-state index is 0.0469. The van der Waals surface area contributed by atoms with E-state index >= 15 is 0 Å². The fourth-order valence-corrected chi connectivity index (χ4v) is 5.35. The van der Waals surface area contributed by atoms with E-state index in [9.17, 15) is 4.79 Å². The molecule has 2 atom stereocenters. The number of rotatable bonds is 4. The third kappa shape index (κ3) is 3.44. The predicted molar refractivity (Wildman–Crippen MR) is 109 cm³/mol. The van der Waals surface area contributed by atoms with Gasteiger partial charge >= 0.3 is 6.03 Å². The van der Waals surface area contributed by atoms with E-state index in [2.05, 4.69) is 45.1 Å². The number of thiophene rings is 1. The zero-order chi connectivity index (χ0) is 19.1. The van der Waals surface area contributed by atoms with Gasteiger partial charge in [0.05, 0.1) is 0 Å². The summed E-state index contributed by atoms with van der Waals surface area (Å²) in [5, 5.41) is 7.42. The molecule has 2 saturated heterocycles. The van der Waals surface area contributed by atoms with E-state index in [1.165, 1.54) is 5.56 Å². The van der Waals surface area contributed by atoms with Crippen molar-refractivity contribution in [2.45, 2.75) is 32.4 Å². The summed E-state index contributed by atoms with van der Waals surface area (Å²) in [6, 6.07) is 2.58. The molecule has 2 unspecified atom stereocenters. The Hall–Kier alpha value is -1.90. The molecule has 28 heavy (non-hydrogen) atoms. The van der Waals surface area contributed by atoms with Crippen molar-refractivity contribution in [3.05, 3.63) is 34.4 Å². The predicted octanol–water partition coefficient (Wildman–Crippen LogP) is 2.49. The van der Waals surface area contributed by atoms with Crippen LogP contribution in [0, 0.1) is 11.8 Å². The first-order valence-corrected chi connectivity index (χ1v) is 11.1. The number of aliphatic imine (C=N–C) groups is 1. The summed E-state index contributed by atoms with van der Waals surface area (Å²) in [6.07, 6.45) is 4.08. The molecule has 7 nitrogen and oxygen atoms in total. The number of carbonyl (C=O) groups excluding carboxylic acids is 1. The molecule has 5 heterocycles. The fraction of sp³-hybridized carbons (Fsp3) is 0.600. The minimum atomic E-state index is -0.0469. The van der Waals surface area contributed by atoms with Crippen LogP contribution in [0.4, 0.5) is 4.79 Å². The van der Waals surface area contributed by atoms with Crippen LogP contribution < -0.4 is 5.32 Å². The Labute approximate surface area is 169 Å². The monoisotopic (exact) mass is 401 g/mol. The Morgan fingerprint density at radius 2 is 2.18 bits per heavy atom. The van der Waals surface area contributed by atoms with Gasteiger partial charge in [0.15, 0.2) is 5.82 Å². The van der Waals surface area contributed by atoms with E-state index in [4.69, 9.17) is 9.73 Å². The van der Waals surface area contributed by atoms with Crippen LogP contribution in [0.5, 0.6) is 0 Å². The van der Waals surface area contributed by atoms with Gasteiger partial charge in [-0.15, -0.1) is 0 Å². The van der Waals surface area contributed by atoms with Gasteiger partial charge in [0, 0.05) is 51.0 Å². The number of hydrogen-bond donors (Lipinski definition) is 1. The molecule has 0 aromatic carbocycles. The van der Waals surface area contributed by atoms with Crippen molar-refractivity contribution in [3.63, 3.8) is 0 Å². The molecule has 0 aliphatic carbocycles. The average Bonchev–Trinajstić information content (AvgIpc) is 3.43. The zero-order valence-electron chi connectivity index (χ0n) is 16.2. The van der Waals surface area contributed by atoms with E-state index in [-0.39, 0.29) is 11.9 Å². The molecular formula is C20H27N5O2S. The third-order valence-electron chi connectivity index (χ3n) is 6.26. The number of hydrogen-bond acceptors (Lipinski definition) is 6. The van der Waals surface area contributed by atoms with Crippen LogP contribution in [0.15, 0.2) is 33.8 Å². The van der Waals surface area contributed by atoms with Gasteiger partial charge in [0.1, 0.15) is 12.5 Å². The van der Waals surface area contributed by atoms with Crippen LogP contribution in [0.2, 0.25) is 0 Å². The van der Waals surface area contributed by atoms with Gasteiger partial charge in [-0.05, 0) is 41.1 Å². The van der Waals surface area contributed by atoms with E-state index in [0.717, 1.165) is 57.3 Å². The number of ether oxygens (including phenoxy) is 1. The summed E-state index contributed by atoms with van der Waals surface area (Å²) >= 11 is 1.74. The maximum absolute atomic E-state index is 12.7. The lowest BCUT2D eigenvalue weighted by Gasteiger charge is -2.32. The first-order valence-electron chi connectivity index (χ1n) is 10.1. The van der Waals surface area contributed by atoms with Gasteiger partial charge in [0.25, 0.3) is 0 Å². The Morgan fingerprint density at radius 1 is 1.32 bits per heavy atom. The summed E-state index contributed by atoms with van der Waals surface area (Å²) in [5.74, 6) is 2.36. The molecule has 4 aliphatic rings. The summed E-state index contributed by atoms with van der Waals surface area (Å²) in [5.41, 5.74) is 1.37. The number of carbonyl (C=O) groups is 1. The highest BCUT2D eigenvalue weighted by atomic mass is 32.1. The third-order valence-corrected chi connectivity index (χ3v) is 7.00. The SMILES string of the molecule is CC1CN(Cc2ccsc2)CC1C1=NC2=CN(C3CCOCC3)CN2C(=O)N1. The lowest BCUT2D eigenvalue weighted by atomic mass is 9.96. The van der Waals surface area contributed by atoms with Crippen LogP contribution in [-0.2, 0) is 11.3 Å². The first-order chi connectivity index (χ1) is 13.7. The molecule has 150 valence electrons. The van der Waals surface area contributed by atoms with Crippen molar-refractivity contribution in [2.24, 2.45) is 16.8 Å². The van der Waals surface area contributed by atoms with E-state index in [1.807, 2.05) is 0 Å². The smallest absolute Gasteiger partial charge is 0.329 e. The van der Waals surface area contributed by atoms with E-state index < -0.39 is 0 Å². The minimum Gasteiger partial charge on any atom is -0.381 e. The maximum Gasteiger partial charge on any atom is 0.329 e. The molecule has 0 saturated carbocycles. The molecule has 2 fully saturated rings. The number of amides is 2. The molecule has 0 radical (unpaired) electrons. The summed E-state index contributed by atoms with van der Waals surface area (Å²) in [4.78, 5) is 24.1. The van der Waals surface area contributed by atoms with Crippen LogP contribution >= 0.6 is 11.3 Å². The largest absolute Gasteiger partial charge is 0.381 e. The van der Waals surface area contributed by atoms with Gasteiger partial charge in [0.2, 0.25) is 0 Å². The quantitative estimate of drug-likeness (QED) is 0.842. The lowest BCUT2D eigenvalue weighted by molar-refractivity contribution is 0.0459. The van der Waals surface area contributed by atoms with Crippen molar-refractivity contribution in [3.8, 4) is 0 Å². The second-order valence-electron chi connectivity index (χ2n) is 8.25. The van der Waals surface area contributed by atoms with Crippen LogP contribution in [0.25, 0.3) is 0 Å². The van der Waals surface area contributed by atoms with Gasteiger partial charge in [-0.3, -0.25) is 15.1 Å². The topological polar surface area (TPSA) is 60.4 Å². The molecule has 5 rings (SSSR count). The van der Waals surface area contributed by atoms with Crippen molar-refractivity contribution in [1.82, 2.24) is 20.0 Å². The second-order valence-corrected chi connectivity index (χ2v) is 9.03. The lowest BCUT2D eigenvalue weighted by Crippen LogP contribution is -2.50. The normalized spacial score (nSPS) is 29.0. The Bertz CT molecular complexity index is 787. The molecule has 1 aromatic rings. The van der Waals surface area contributed by atoms with Gasteiger partial charge in [-0.1, -0.05) is 6.92 Å². The molecule has 8 heteroatoms. The fourth-order valence-electron chi connectivity index (χ4n) is 4.69. The molecule has 0 spiro atoms. The highest BCUT2D eigenvalue weighted by Crippen LogP contribution is 2.30. The molecule has 4 aliphatic heterocycles. The van der Waals surface area contributed by atoms with Crippen molar-refractivity contribution < 1.29 is 9.53 Å². The van der Waals surface area contributed by atoms with Crippen molar-refractivity contribution in [2.75, 3.05) is 33.0 Å². The number of amidine groups is 1. The zero-order valence-corrected chi connectivity index (χ0v) is 17.0. The van der Waals surface area contributed by atoms with Gasteiger partial charge in [-0.2, -0.15) is 11.3 Å². The van der Waals surface area contributed by atoms with Gasteiger partial charge in [-0.25, -0.2) is 9.79 Å². The first kappa shape index (κ1) is 18.1. The van der Waals surface area contributed by atoms with Crippen LogP contribution in [0.1, 0.15) is 25.3 Å². The summed E-state index contributed by atoms with van der Waals surface area (Å²) in [6.45, 7) is 7.39. The maximum atomic E-state index is 12.7. The second kappa shape index (κ2) is 7.50. The van der Waals surface area contributed by atoms with Crippen LogP contribution in [-0.4, -0.2) is 65.6 Å². The van der Waals surface area contributed by atoms with Crippen LogP contribution in [0.3, 0.4) is 0 Å². The molecule has 2 amide bonds. The Morgan fingerprint density at radius 3 is 2.96 bits per heavy atom. The number of urea groups is 1. The highest BCUT2D eigenvalue weighted by Gasteiger charge is 2.39. The van der Waals surface area contributed by atoms with E-state index in [0.29, 0.717) is 18.6 Å². The van der Waals surface area contributed by atoms with Crippen molar-refractivity contribution >= 4 is 23.2 Å². The molecule has 1 aromatic heterocycles.